The Hall–Kier alpha value is -3.08. The predicted octanol–water partition coefficient (Wildman–Crippen LogP) is 2.28. The Labute approximate surface area is 179 Å². The molecular formula is C21H21N5O4S. The van der Waals surface area contributed by atoms with Gasteiger partial charge in [0.2, 0.25) is 10.0 Å². The number of nitrogens with zero attached hydrogens (tertiary/aromatic N) is 5. The number of benzene rings is 2. The van der Waals surface area contributed by atoms with Gasteiger partial charge >= 0.3 is 0 Å². The van der Waals surface area contributed by atoms with Crippen LogP contribution in [0.2, 0.25) is 0 Å². The van der Waals surface area contributed by atoms with Crippen LogP contribution in [0.4, 0.5) is 0 Å². The molecule has 1 aliphatic rings. The van der Waals surface area contributed by atoms with E-state index < -0.39 is 10.0 Å². The van der Waals surface area contributed by atoms with Gasteiger partial charge in [0.25, 0.3) is 0 Å². The van der Waals surface area contributed by atoms with E-state index >= 15 is 0 Å². The molecule has 0 bridgehead atoms. The quantitative estimate of drug-likeness (QED) is 0.481. The lowest BCUT2D eigenvalue weighted by Crippen LogP contribution is -2.40. The first kappa shape index (κ1) is 19.9. The molecule has 160 valence electrons. The smallest absolute Gasteiger partial charge is 0.246 e. The van der Waals surface area contributed by atoms with E-state index in [4.69, 9.17) is 9.47 Å². The third kappa shape index (κ3) is 3.23. The van der Waals surface area contributed by atoms with Gasteiger partial charge < -0.3 is 9.47 Å². The van der Waals surface area contributed by atoms with Crippen molar-refractivity contribution in [3.05, 3.63) is 48.2 Å². The summed E-state index contributed by atoms with van der Waals surface area (Å²) in [6.45, 7) is 3.26. The maximum absolute atomic E-state index is 13.3. The fourth-order valence-electron chi connectivity index (χ4n) is 3.86. The standard InChI is InChI=1S/C21H21N5O4S/c1-14-16-5-3-4-6-17(16)21-23-22-20(26(21)24-14)15-7-8-18(29-2)19(13-15)31(27,28)25-9-11-30-12-10-25/h3-8,13H,9-12H2,1-2H3. The van der Waals surface area contributed by atoms with Gasteiger partial charge in [0, 0.05) is 29.4 Å². The van der Waals surface area contributed by atoms with Gasteiger partial charge in [-0.1, -0.05) is 24.3 Å². The second kappa shape index (κ2) is 7.56. The van der Waals surface area contributed by atoms with Crippen LogP contribution in [0.15, 0.2) is 47.4 Å². The average Bonchev–Trinajstić information content (AvgIpc) is 3.23. The lowest BCUT2D eigenvalue weighted by atomic mass is 10.1. The van der Waals surface area contributed by atoms with Crippen molar-refractivity contribution in [2.45, 2.75) is 11.8 Å². The molecule has 1 aliphatic heterocycles. The van der Waals surface area contributed by atoms with E-state index in [9.17, 15) is 8.42 Å². The highest BCUT2D eigenvalue weighted by Gasteiger charge is 2.30. The molecule has 0 aliphatic carbocycles. The van der Waals surface area contributed by atoms with Gasteiger partial charge in [0.1, 0.15) is 10.6 Å². The van der Waals surface area contributed by atoms with Crippen LogP contribution in [0.25, 0.3) is 27.8 Å². The zero-order valence-corrected chi connectivity index (χ0v) is 18.0. The number of morpholine rings is 1. The molecule has 9 nitrogen and oxygen atoms in total. The summed E-state index contributed by atoms with van der Waals surface area (Å²) < 4.78 is 40.4. The maximum atomic E-state index is 13.3. The summed E-state index contributed by atoms with van der Waals surface area (Å²) in [6, 6.07) is 12.8. The molecule has 2 aromatic heterocycles. The van der Waals surface area contributed by atoms with Crippen molar-refractivity contribution in [2.24, 2.45) is 0 Å². The number of fused-ring (bicyclic) bond motifs is 3. The van der Waals surface area contributed by atoms with Gasteiger partial charge in [-0.25, -0.2) is 8.42 Å². The molecule has 5 rings (SSSR count). The molecule has 0 spiro atoms. The Morgan fingerprint density at radius 2 is 1.77 bits per heavy atom. The topological polar surface area (TPSA) is 98.9 Å². The van der Waals surface area contributed by atoms with Crippen molar-refractivity contribution < 1.29 is 17.9 Å². The minimum Gasteiger partial charge on any atom is -0.495 e. The highest BCUT2D eigenvalue weighted by Crippen LogP contribution is 2.32. The van der Waals surface area contributed by atoms with Crippen LogP contribution in [0.3, 0.4) is 0 Å². The molecule has 3 heterocycles. The number of hydrogen-bond acceptors (Lipinski definition) is 7. The first-order valence-corrected chi connectivity index (χ1v) is 11.3. The Morgan fingerprint density at radius 3 is 2.52 bits per heavy atom. The van der Waals surface area contributed by atoms with Crippen molar-refractivity contribution in [1.82, 2.24) is 24.1 Å². The van der Waals surface area contributed by atoms with Crippen LogP contribution >= 0.6 is 0 Å². The van der Waals surface area contributed by atoms with Gasteiger partial charge in [0.05, 0.1) is 26.0 Å². The molecule has 2 aromatic carbocycles. The van der Waals surface area contributed by atoms with Crippen LogP contribution in [-0.2, 0) is 14.8 Å². The van der Waals surface area contributed by atoms with E-state index in [1.54, 1.807) is 22.7 Å². The second-order valence-corrected chi connectivity index (χ2v) is 9.18. The average molecular weight is 439 g/mol. The first-order valence-electron chi connectivity index (χ1n) is 9.88. The molecule has 0 atom stereocenters. The summed E-state index contributed by atoms with van der Waals surface area (Å²) in [5.74, 6) is 0.739. The van der Waals surface area contributed by atoms with E-state index in [2.05, 4.69) is 15.3 Å². The summed E-state index contributed by atoms with van der Waals surface area (Å²) in [4.78, 5) is 0.0867. The van der Waals surface area contributed by atoms with Crippen molar-refractivity contribution >= 4 is 26.4 Å². The third-order valence-corrected chi connectivity index (χ3v) is 7.38. The summed E-state index contributed by atoms with van der Waals surface area (Å²) in [7, 11) is -2.31. The zero-order chi connectivity index (χ0) is 21.6. The fraction of sp³-hybridized carbons (Fsp3) is 0.286. The molecule has 1 saturated heterocycles. The fourth-order valence-corrected chi connectivity index (χ4v) is 5.45. The highest BCUT2D eigenvalue weighted by atomic mass is 32.2. The molecular weight excluding hydrogens is 418 g/mol. The number of sulfonamides is 1. The minimum absolute atomic E-state index is 0.0867. The van der Waals surface area contributed by atoms with Gasteiger partial charge in [-0.15, -0.1) is 10.2 Å². The molecule has 31 heavy (non-hydrogen) atoms. The summed E-state index contributed by atoms with van der Waals surface area (Å²) >= 11 is 0. The molecule has 10 heteroatoms. The molecule has 1 fully saturated rings. The van der Waals surface area contributed by atoms with E-state index in [0.717, 1.165) is 16.5 Å². The number of hydrogen-bond donors (Lipinski definition) is 0. The normalized spacial score (nSPS) is 15.5. The minimum atomic E-state index is -3.76. The highest BCUT2D eigenvalue weighted by molar-refractivity contribution is 7.89. The molecule has 0 saturated carbocycles. The first-order chi connectivity index (χ1) is 15.0. The van der Waals surface area contributed by atoms with E-state index in [1.807, 2.05) is 31.2 Å². The van der Waals surface area contributed by atoms with Crippen LogP contribution in [0.5, 0.6) is 5.75 Å². The number of rotatable bonds is 4. The van der Waals surface area contributed by atoms with Crippen molar-refractivity contribution in [1.29, 1.82) is 0 Å². The Bertz CT molecular complexity index is 1390. The number of aryl methyl sites for hydroxylation is 1. The molecule has 0 radical (unpaired) electrons. The van der Waals surface area contributed by atoms with Crippen LogP contribution < -0.4 is 4.74 Å². The lowest BCUT2D eigenvalue weighted by molar-refractivity contribution is 0.0729. The summed E-state index contributed by atoms with van der Waals surface area (Å²) in [5, 5.41) is 15.2. The summed E-state index contributed by atoms with van der Waals surface area (Å²) in [6.07, 6.45) is 0. The maximum Gasteiger partial charge on any atom is 0.246 e. The Kier molecular flexibility index (Phi) is 4.84. The van der Waals surface area contributed by atoms with Crippen LogP contribution in [0.1, 0.15) is 5.69 Å². The number of ether oxygens (including phenoxy) is 2. The Morgan fingerprint density at radius 1 is 1.03 bits per heavy atom. The van der Waals surface area contributed by atoms with Gasteiger partial charge in [0.15, 0.2) is 11.5 Å². The Balaban J connectivity index is 1.68. The van der Waals surface area contributed by atoms with Gasteiger partial charge in [-0.3, -0.25) is 0 Å². The van der Waals surface area contributed by atoms with Crippen molar-refractivity contribution in [3.8, 4) is 17.1 Å². The SMILES string of the molecule is COc1ccc(-c2nnc3c4ccccc4c(C)nn23)cc1S(=O)(=O)N1CCOCC1. The lowest BCUT2D eigenvalue weighted by Gasteiger charge is -2.26. The molecule has 0 N–H and O–H groups in total. The monoisotopic (exact) mass is 439 g/mol. The summed E-state index contributed by atoms with van der Waals surface area (Å²) in [5.41, 5.74) is 2.03. The van der Waals surface area contributed by atoms with E-state index in [-0.39, 0.29) is 10.6 Å². The van der Waals surface area contributed by atoms with Crippen LogP contribution in [-0.4, -0.2) is 65.9 Å². The van der Waals surface area contributed by atoms with Gasteiger partial charge in [-0.2, -0.15) is 13.9 Å². The van der Waals surface area contributed by atoms with Gasteiger partial charge in [-0.05, 0) is 25.1 Å². The van der Waals surface area contributed by atoms with Crippen molar-refractivity contribution in [2.75, 3.05) is 33.4 Å². The second-order valence-electron chi connectivity index (χ2n) is 7.27. The predicted molar refractivity (Wildman–Crippen MR) is 115 cm³/mol. The van der Waals surface area contributed by atoms with Crippen molar-refractivity contribution in [3.63, 3.8) is 0 Å². The third-order valence-electron chi connectivity index (χ3n) is 5.46. The van der Waals surface area contributed by atoms with Crippen LogP contribution in [0, 0.1) is 6.92 Å². The van der Waals surface area contributed by atoms with E-state index in [0.29, 0.717) is 43.3 Å². The largest absolute Gasteiger partial charge is 0.495 e. The molecule has 0 amide bonds. The number of aromatic nitrogens is 4. The molecule has 4 aromatic rings. The van der Waals surface area contributed by atoms with E-state index in [1.165, 1.54) is 11.4 Å². The molecule has 0 unspecified atom stereocenters. The number of methoxy groups -OCH3 is 1. The zero-order valence-electron chi connectivity index (χ0n) is 17.1.